The zero-order valence-electron chi connectivity index (χ0n) is 16.3. The van der Waals surface area contributed by atoms with Gasteiger partial charge < -0.3 is 19.9 Å². The van der Waals surface area contributed by atoms with Crippen molar-refractivity contribution in [2.45, 2.75) is 13.0 Å². The summed E-state index contributed by atoms with van der Waals surface area (Å²) in [6.07, 6.45) is 3.33. The summed E-state index contributed by atoms with van der Waals surface area (Å²) in [7, 11) is 3.32. The maximum Gasteiger partial charge on any atom is 0.313 e. The Balaban J connectivity index is 1.84. The van der Waals surface area contributed by atoms with Crippen molar-refractivity contribution in [3.63, 3.8) is 0 Å². The number of benzene rings is 2. The second-order valence-corrected chi connectivity index (χ2v) is 6.52. The number of carbonyl (C=O) groups is 2. The highest BCUT2D eigenvalue weighted by atomic mass is 19.1. The second kappa shape index (κ2) is 8.55. The van der Waals surface area contributed by atoms with Crippen molar-refractivity contribution in [1.82, 2.24) is 14.9 Å². The molecule has 1 atom stereocenters. The summed E-state index contributed by atoms with van der Waals surface area (Å²) in [6, 6.07) is 10.7. The minimum atomic E-state index is -0.977. The zero-order chi connectivity index (χ0) is 21.0. The standard InChI is InChI=1S/C21H21FN4O3/c1-13-7-8-17(16(22)11-13)24-20(27)21(28)25-18(19-23-9-10-26(19)2)14-5-4-6-15(12-14)29-3/h4-12,18H,1-3H3,(H,24,27)(H,25,28). The number of hydrogen-bond donors (Lipinski definition) is 2. The lowest BCUT2D eigenvalue weighted by molar-refractivity contribution is -0.136. The van der Waals surface area contributed by atoms with Gasteiger partial charge in [0.2, 0.25) is 0 Å². The van der Waals surface area contributed by atoms with E-state index in [-0.39, 0.29) is 5.69 Å². The molecule has 0 aliphatic heterocycles. The van der Waals surface area contributed by atoms with E-state index in [1.807, 2.05) is 0 Å². The molecule has 2 aromatic carbocycles. The minimum absolute atomic E-state index is 0.0642. The Morgan fingerprint density at radius 3 is 2.62 bits per heavy atom. The molecule has 0 saturated carbocycles. The fraction of sp³-hybridized carbons (Fsp3) is 0.190. The third kappa shape index (κ3) is 4.60. The van der Waals surface area contributed by atoms with E-state index in [1.165, 1.54) is 19.2 Å². The van der Waals surface area contributed by atoms with Crippen molar-refractivity contribution < 1.29 is 18.7 Å². The number of ether oxygens (including phenoxy) is 1. The largest absolute Gasteiger partial charge is 0.497 e. The molecule has 0 saturated heterocycles. The van der Waals surface area contributed by atoms with Crippen LogP contribution in [0, 0.1) is 12.7 Å². The van der Waals surface area contributed by atoms with Crippen LogP contribution in [0.25, 0.3) is 0 Å². The van der Waals surface area contributed by atoms with Crippen LogP contribution >= 0.6 is 0 Å². The quantitative estimate of drug-likeness (QED) is 0.650. The third-order valence-corrected chi connectivity index (χ3v) is 4.40. The van der Waals surface area contributed by atoms with E-state index >= 15 is 0 Å². The van der Waals surface area contributed by atoms with Crippen molar-refractivity contribution in [2.75, 3.05) is 12.4 Å². The molecular weight excluding hydrogens is 375 g/mol. The number of amides is 2. The lowest BCUT2D eigenvalue weighted by atomic mass is 10.1. The topological polar surface area (TPSA) is 85.2 Å². The first-order chi connectivity index (χ1) is 13.9. The second-order valence-electron chi connectivity index (χ2n) is 6.52. The lowest BCUT2D eigenvalue weighted by Gasteiger charge is -2.19. The van der Waals surface area contributed by atoms with Crippen LogP contribution in [0.1, 0.15) is 23.0 Å². The predicted molar refractivity (Wildman–Crippen MR) is 106 cm³/mol. The van der Waals surface area contributed by atoms with Crippen molar-refractivity contribution in [2.24, 2.45) is 7.05 Å². The molecule has 7 nitrogen and oxygen atoms in total. The molecule has 29 heavy (non-hydrogen) atoms. The van der Waals surface area contributed by atoms with Crippen LogP contribution in [-0.2, 0) is 16.6 Å². The Labute approximate surface area is 167 Å². The van der Waals surface area contributed by atoms with E-state index in [1.54, 1.807) is 61.3 Å². The van der Waals surface area contributed by atoms with Gasteiger partial charge in [-0.1, -0.05) is 18.2 Å². The van der Waals surface area contributed by atoms with Crippen molar-refractivity contribution in [1.29, 1.82) is 0 Å². The number of nitrogens with one attached hydrogen (secondary N) is 2. The molecule has 3 aromatic rings. The number of carbonyl (C=O) groups excluding carboxylic acids is 2. The van der Waals surface area contributed by atoms with E-state index < -0.39 is 23.7 Å². The Morgan fingerprint density at radius 1 is 1.17 bits per heavy atom. The summed E-state index contributed by atoms with van der Waals surface area (Å²) in [4.78, 5) is 29.2. The maximum atomic E-state index is 14.0. The van der Waals surface area contributed by atoms with Crippen LogP contribution in [0.3, 0.4) is 0 Å². The molecule has 0 radical (unpaired) electrons. The third-order valence-electron chi connectivity index (χ3n) is 4.40. The normalized spacial score (nSPS) is 11.6. The summed E-state index contributed by atoms with van der Waals surface area (Å²) >= 11 is 0. The number of aryl methyl sites for hydroxylation is 2. The van der Waals surface area contributed by atoms with Gasteiger partial charge in [-0.25, -0.2) is 9.37 Å². The zero-order valence-corrected chi connectivity index (χ0v) is 16.3. The van der Waals surface area contributed by atoms with Crippen LogP contribution in [-0.4, -0.2) is 28.5 Å². The molecule has 1 aromatic heterocycles. The van der Waals surface area contributed by atoms with Gasteiger partial charge in [0.15, 0.2) is 0 Å². The van der Waals surface area contributed by atoms with Crippen LogP contribution in [0.2, 0.25) is 0 Å². The number of methoxy groups -OCH3 is 1. The first kappa shape index (κ1) is 20.1. The summed E-state index contributed by atoms with van der Waals surface area (Å²) in [5.41, 5.74) is 1.32. The molecule has 3 rings (SSSR count). The number of rotatable bonds is 5. The summed E-state index contributed by atoms with van der Waals surface area (Å²) in [6.45, 7) is 1.73. The highest BCUT2D eigenvalue weighted by molar-refractivity contribution is 6.39. The number of anilines is 1. The van der Waals surface area contributed by atoms with Crippen LogP contribution in [0.4, 0.5) is 10.1 Å². The first-order valence-corrected chi connectivity index (χ1v) is 8.88. The van der Waals surface area contributed by atoms with Gasteiger partial charge in [-0.2, -0.15) is 0 Å². The average molecular weight is 396 g/mol. The molecule has 2 N–H and O–H groups in total. The Bertz CT molecular complexity index is 1050. The molecule has 0 bridgehead atoms. The van der Waals surface area contributed by atoms with Gasteiger partial charge in [0, 0.05) is 19.4 Å². The van der Waals surface area contributed by atoms with E-state index in [2.05, 4.69) is 15.6 Å². The predicted octanol–water partition coefficient (Wildman–Crippen LogP) is 2.72. The van der Waals surface area contributed by atoms with Crippen molar-refractivity contribution >= 4 is 17.5 Å². The fourth-order valence-electron chi connectivity index (χ4n) is 2.87. The summed E-state index contributed by atoms with van der Waals surface area (Å²) < 4.78 is 21.0. The molecule has 0 aliphatic rings. The van der Waals surface area contributed by atoms with Crippen LogP contribution in [0.15, 0.2) is 54.9 Å². The highest BCUT2D eigenvalue weighted by Gasteiger charge is 2.25. The minimum Gasteiger partial charge on any atom is -0.497 e. The lowest BCUT2D eigenvalue weighted by Crippen LogP contribution is -2.39. The number of imidazole rings is 1. The molecule has 0 aliphatic carbocycles. The van der Waals surface area contributed by atoms with Crippen molar-refractivity contribution in [3.8, 4) is 5.75 Å². The molecule has 8 heteroatoms. The van der Waals surface area contributed by atoms with Gasteiger partial charge in [-0.05, 0) is 42.3 Å². The van der Waals surface area contributed by atoms with Crippen LogP contribution in [0.5, 0.6) is 5.75 Å². The maximum absolute atomic E-state index is 14.0. The number of hydrogen-bond acceptors (Lipinski definition) is 4. The molecule has 150 valence electrons. The Morgan fingerprint density at radius 2 is 1.97 bits per heavy atom. The monoisotopic (exact) mass is 396 g/mol. The number of aromatic nitrogens is 2. The van der Waals surface area contributed by atoms with Crippen LogP contribution < -0.4 is 15.4 Å². The molecule has 1 heterocycles. The Hall–Kier alpha value is -3.68. The van der Waals surface area contributed by atoms with Gasteiger partial charge in [0.1, 0.15) is 23.4 Å². The first-order valence-electron chi connectivity index (χ1n) is 8.88. The van der Waals surface area contributed by atoms with Gasteiger partial charge >= 0.3 is 11.8 Å². The molecule has 0 spiro atoms. The number of halogens is 1. The van der Waals surface area contributed by atoms with E-state index in [0.29, 0.717) is 22.7 Å². The Kier molecular flexibility index (Phi) is 5.92. The summed E-state index contributed by atoms with van der Waals surface area (Å²) in [5.74, 6) is -1.38. The van der Waals surface area contributed by atoms with E-state index in [9.17, 15) is 14.0 Å². The van der Waals surface area contributed by atoms with E-state index in [4.69, 9.17) is 4.74 Å². The van der Waals surface area contributed by atoms with Gasteiger partial charge in [-0.3, -0.25) is 9.59 Å². The smallest absolute Gasteiger partial charge is 0.313 e. The van der Waals surface area contributed by atoms with E-state index in [0.717, 1.165) is 0 Å². The molecule has 1 unspecified atom stereocenters. The molecule has 0 fully saturated rings. The average Bonchev–Trinajstić information content (AvgIpc) is 3.13. The SMILES string of the molecule is COc1cccc(C(NC(=O)C(=O)Nc2ccc(C)cc2F)c2nccn2C)c1. The molecule has 2 amide bonds. The van der Waals surface area contributed by atoms with Gasteiger partial charge in [0.25, 0.3) is 0 Å². The summed E-state index contributed by atoms with van der Waals surface area (Å²) in [5, 5.41) is 4.97. The fourth-order valence-corrected chi connectivity index (χ4v) is 2.87. The van der Waals surface area contributed by atoms with Gasteiger partial charge in [0.05, 0.1) is 12.8 Å². The number of nitrogens with zero attached hydrogens (tertiary/aromatic N) is 2. The van der Waals surface area contributed by atoms with Gasteiger partial charge in [-0.15, -0.1) is 0 Å². The highest BCUT2D eigenvalue weighted by Crippen LogP contribution is 2.24. The molecular formula is C21H21FN4O3. The van der Waals surface area contributed by atoms with Crippen molar-refractivity contribution in [3.05, 3.63) is 77.6 Å².